The molecule has 0 radical (unpaired) electrons. The zero-order valence-electron chi connectivity index (χ0n) is 12.6. The molecule has 0 spiro atoms. The number of hydrogen-bond acceptors (Lipinski definition) is 4. The Labute approximate surface area is 122 Å². The van der Waals surface area contributed by atoms with Gasteiger partial charge in [0.05, 0.1) is 13.3 Å². The Kier molecular flexibility index (Phi) is 6.12. The molecule has 0 saturated heterocycles. The average Bonchev–Trinajstić information content (AvgIpc) is 2.77. The third kappa shape index (κ3) is 4.10. The van der Waals surface area contributed by atoms with E-state index in [1.54, 1.807) is 7.11 Å². The second-order valence-corrected chi connectivity index (χ2v) is 5.54. The fourth-order valence-corrected chi connectivity index (χ4v) is 2.98. The van der Waals surface area contributed by atoms with Crippen LogP contribution in [0.25, 0.3) is 0 Å². The van der Waals surface area contributed by atoms with E-state index in [4.69, 9.17) is 10.5 Å². The first-order valence-electron chi connectivity index (χ1n) is 7.82. The predicted octanol–water partition coefficient (Wildman–Crippen LogP) is 2.97. The van der Waals surface area contributed by atoms with Gasteiger partial charge in [0.15, 0.2) is 0 Å². The van der Waals surface area contributed by atoms with Gasteiger partial charge in [-0.1, -0.05) is 25.7 Å². The van der Waals surface area contributed by atoms with E-state index in [9.17, 15) is 0 Å². The summed E-state index contributed by atoms with van der Waals surface area (Å²) in [6.45, 7) is 1.74. The van der Waals surface area contributed by atoms with Crippen molar-refractivity contribution in [3.05, 3.63) is 18.3 Å². The number of methoxy groups -OCH3 is 1. The maximum Gasteiger partial charge on any atom is 0.137 e. The van der Waals surface area contributed by atoms with Crippen LogP contribution in [0.3, 0.4) is 0 Å². The largest absolute Gasteiger partial charge is 0.495 e. The molecule has 0 amide bonds. The molecule has 4 heteroatoms. The summed E-state index contributed by atoms with van der Waals surface area (Å²) in [5, 5.41) is 0. The van der Waals surface area contributed by atoms with Crippen molar-refractivity contribution in [3.8, 4) is 5.75 Å². The summed E-state index contributed by atoms with van der Waals surface area (Å²) in [6.07, 6.45) is 10.8. The number of pyridine rings is 1. The Bertz CT molecular complexity index is 372. The van der Waals surface area contributed by atoms with E-state index >= 15 is 0 Å². The van der Waals surface area contributed by atoms with E-state index in [0.29, 0.717) is 6.04 Å². The molecule has 1 fully saturated rings. The standard InChI is InChI=1S/C16H27N3O/c1-20-15-9-10-16(18-13-15)19(12-6-11-17)14-7-4-2-3-5-8-14/h9-10,13-14H,2-8,11-12,17H2,1H3. The second kappa shape index (κ2) is 8.10. The summed E-state index contributed by atoms with van der Waals surface area (Å²) in [4.78, 5) is 7.02. The van der Waals surface area contributed by atoms with Crippen LogP contribution < -0.4 is 15.4 Å². The molecule has 1 aliphatic carbocycles. The molecule has 1 aromatic heterocycles. The summed E-state index contributed by atoms with van der Waals surface area (Å²) in [5.74, 6) is 1.87. The second-order valence-electron chi connectivity index (χ2n) is 5.54. The van der Waals surface area contributed by atoms with Crippen LogP contribution in [0.5, 0.6) is 5.75 Å². The molecule has 1 aromatic rings. The summed E-state index contributed by atoms with van der Waals surface area (Å²) >= 11 is 0. The highest BCUT2D eigenvalue weighted by molar-refractivity contribution is 5.42. The van der Waals surface area contributed by atoms with Gasteiger partial charge in [-0.3, -0.25) is 0 Å². The Morgan fingerprint density at radius 1 is 1.25 bits per heavy atom. The van der Waals surface area contributed by atoms with Gasteiger partial charge < -0.3 is 15.4 Å². The first-order chi connectivity index (χ1) is 9.85. The molecule has 0 bridgehead atoms. The lowest BCUT2D eigenvalue weighted by molar-refractivity contribution is 0.412. The molecular formula is C16H27N3O. The highest BCUT2D eigenvalue weighted by Gasteiger charge is 2.21. The van der Waals surface area contributed by atoms with Gasteiger partial charge in [-0.05, 0) is 37.9 Å². The van der Waals surface area contributed by atoms with Crippen LogP contribution in [0.2, 0.25) is 0 Å². The van der Waals surface area contributed by atoms with Crippen molar-refractivity contribution in [2.75, 3.05) is 25.1 Å². The molecule has 2 rings (SSSR count). The highest BCUT2D eigenvalue weighted by atomic mass is 16.5. The highest BCUT2D eigenvalue weighted by Crippen LogP contribution is 2.26. The number of rotatable bonds is 6. The SMILES string of the molecule is COc1ccc(N(CCCN)C2CCCCCC2)nc1. The minimum atomic E-state index is 0.616. The maximum atomic E-state index is 5.69. The molecule has 2 N–H and O–H groups in total. The lowest BCUT2D eigenvalue weighted by Gasteiger charge is -2.32. The van der Waals surface area contributed by atoms with Gasteiger partial charge in [0.1, 0.15) is 11.6 Å². The molecule has 0 aliphatic heterocycles. The van der Waals surface area contributed by atoms with Crippen LogP contribution in [0.4, 0.5) is 5.82 Å². The van der Waals surface area contributed by atoms with Crippen LogP contribution in [-0.2, 0) is 0 Å². The normalized spacial score (nSPS) is 16.7. The Balaban J connectivity index is 2.11. The van der Waals surface area contributed by atoms with Crippen molar-refractivity contribution in [2.45, 2.75) is 51.0 Å². The lowest BCUT2D eigenvalue weighted by atomic mass is 10.1. The lowest BCUT2D eigenvalue weighted by Crippen LogP contribution is -2.37. The van der Waals surface area contributed by atoms with Crippen molar-refractivity contribution >= 4 is 5.82 Å². The Hall–Kier alpha value is -1.29. The minimum Gasteiger partial charge on any atom is -0.495 e. The van der Waals surface area contributed by atoms with Crippen molar-refractivity contribution in [3.63, 3.8) is 0 Å². The van der Waals surface area contributed by atoms with Gasteiger partial charge in [0.2, 0.25) is 0 Å². The molecule has 112 valence electrons. The van der Waals surface area contributed by atoms with Crippen LogP contribution in [0.1, 0.15) is 44.9 Å². The van der Waals surface area contributed by atoms with Crippen molar-refractivity contribution < 1.29 is 4.74 Å². The average molecular weight is 277 g/mol. The van der Waals surface area contributed by atoms with Crippen LogP contribution in [0, 0.1) is 0 Å². The number of nitrogens with two attached hydrogens (primary N) is 1. The third-order valence-corrected chi connectivity index (χ3v) is 4.12. The van der Waals surface area contributed by atoms with Gasteiger partial charge in [-0.15, -0.1) is 0 Å². The summed E-state index contributed by atoms with van der Waals surface area (Å²) in [5.41, 5.74) is 5.69. The number of anilines is 1. The number of aromatic nitrogens is 1. The van der Waals surface area contributed by atoms with Crippen LogP contribution in [0.15, 0.2) is 18.3 Å². The van der Waals surface area contributed by atoms with Crippen molar-refractivity contribution in [2.24, 2.45) is 5.73 Å². The molecule has 4 nitrogen and oxygen atoms in total. The first kappa shape index (κ1) is 15.1. The zero-order valence-corrected chi connectivity index (χ0v) is 12.6. The van der Waals surface area contributed by atoms with Gasteiger partial charge >= 0.3 is 0 Å². The maximum absolute atomic E-state index is 5.69. The van der Waals surface area contributed by atoms with E-state index < -0.39 is 0 Å². The van der Waals surface area contributed by atoms with Gasteiger partial charge in [0.25, 0.3) is 0 Å². The molecular weight excluding hydrogens is 250 g/mol. The number of ether oxygens (including phenoxy) is 1. The minimum absolute atomic E-state index is 0.616. The molecule has 1 heterocycles. The van der Waals surface area contributed by atoms with E-state index in [1.165, 1.54) is 38.5 Å². The molecule has 0 atom stereocenters. The van der Waals surface area contributed by atoms with Gasteiger partial charge in [0, 0.05) is 12.6 Å². The first-order valence-corrected chi connectivity index (χ1v) is 7.82. The summed E-state index contributed by atoms with van der Waals surface area (Å²) in [7, 11) is 1.67. The van der Waals surface area contributed by atoms with E-state index in [1.807, 2.05) is 12.3 Å². The van der Waals surface area contributed by atoms with Crippen molar-refractivity contribution in [1.82, 2.24) is 4.98 Å². The Morgan fingerprint density at radius 3 is 2.55 bits per heavy atom. The fraction of sp³-hybridized carbons (Fsp3) is 0.688. The fourth-order valence-electron chi connectivity index (χ4n) is 2.98. The molecule has 0 unspecified atom stereocenters. The van der Waals surface area contributed by atoms with E-state index in [2.05, 4.69) is 16.0 Å². The van der Waals surface area contributed by atoms with Crippen molar-refractivity contribution in [1.29, 1.82) is 0 Å². The quantitative estimate of drug-likeness (QED) is 0.812. The number of nitrogens with zero attached hydrogens (tertiary/aromatic N) is 2. The predicted molar refractivity (Wildman–Crippen MR) is 83.3 cm³/mol. The van der Waals surface area contributed by atoms with Gasteiger partial charge in [-0.2, -0.15) is 0 Å². The molecule has 1 saturated carbocycles. The summed E-state index contributed by atoms with van der Waals surface area (Å²) < 4.78 is 5.19. The molecule has 0 aromatic carbocycles. The number of hydrogen-bond donors (Lipinski definition) is 1. The third-order valence-electron chi connectivity index (χ3n) is 4.12. The molecule has 20 heavy (non-hydrogen) atoms. The van der Waals surface area contributed by atoms with Crippen LogP contribution >= 0.6 is 0 Å². The van der Waals surface area contributed by atoms with E-state index in [-0.39, 0.29) is 0 Å². The smallest absolute Gasteiger partial charge is 0.137 e. The van der Waals surface area contributed by atoms with Gasteiger partial charge in [-0.25, -0.2) is 4.98 Å². The topological polar surface area (TPSA) is 51.4 Å². The van der Waals surface area contributed by atoms with E-state index in [0.717, 1.165) is 31.1 Å². The summed E-state index contributed by atoms with van der Waals surface area (Å²) in [6, 6.07) is 4.68. The van der Waals surface area contributed by atoms with Crippen LogP contribution in [-0.4, -0.2) is 31.2 Å². The monoisotopic (exact) mass is 277 g/mol. The zero-order chi connectivity index (χ0) is 14.2. The molecule has 1 aliphatic rings. The Morgan fingerprint density at radius 2 is 2.00 bits per heavy atom.